The van der Waals surface area contributed by atoms with Gasteiger partial charge in [-0.05, 0) is 37.8 Å². The first-order valence-electron chi connectivity index (χ1n) is 7.15. The highest BCUT2D eigenvalue weighted by molar-refractivity contribution is 7.90. The molecular formula is C14H19N3O4S. The number of nitrogens with one attached hydrogen (secondary N) is 2. The van der Waals surface area contributed by atoms with Crippen LogP contribution in [-0.2, 0) is 19.6 Å². The Morgan fingerprint density at radius 1 is 1.50 bits per heavy atom. The summed E-state index contributed by atoms with van der Waals surface area (Å²) in [6.07, 6.45) is 3.94. The summed E-state index contributed by atoms with van der Waals surface area (Å²) >= 11 is 0. The van der Waals surface area contributed by atoms with Crippen molar-refractivity contribution in [1.82, 2.24) is 15.0 Å². The summed E-state index contributed by atoms with van der Waals surface area (Å²) in [5, 5.41) is 2.65. The molecule has 0 bridgehead atoms. The molecule has 2 amide bonds. The van der Waals surface area contributed by atoms with Crippen LogP contribution in [0.3, 0.4) is 0 Å². The average Bonchev–Trinajstić information content (AvgIpc) is 2.45. The van der Waals surface area contributed by atoms with E-state index < -0.39 is 15.9 Å². The van der Waals surface area contributed by atoms with Gasteiger partial charge in [0.25, 0.3) is 10.0 Å². The third-order valence-corrected chi connectivity index (χ3v) is 4.94. The van der Waals surface area contributed by atoms with E-state index in [-0.39, 0.29) is 23.4 Å². The number of sulfonamides is 1. The van der Waals surface area contributed by atoms with Crippen molar-refractivity contribution >= 4 is 21.8 Å². The van der Waals surface area contributed by atoms with E-state index in [0.717, 1.165) is 12.8 Å². The van der Waals surface area contributed by atoms with Gasteiger partial charge in [0.2, 0.25) is 11.8 Å². The van der Waals surface area contributed by atoms with Crippen LogP contribution in [-0.4, -0.2) is 31.3 Å². The number of hydrogen-bond acceptors (Lipinski definition) is 5. The molecule has 120 valence electrons. The summed E-state index contributed by atoms with van der Waals surface area (Å²) in [6.45, 7) is 1.61. The molecule has 7 nitrogen and oxygen atoms in total. The molecule has 8 heteroatoms. The fraction of sp³-hybridized carbons (Fsp3) is 0.500. The molecule has 2 rings (SSSR count). The number of piperidine rings is 1. The molecule has 1 aromatic rings. The van der Waals surface area contributed by atoms with E-state index in [4.69, 9.17) is 0 Å². The Kier molecular flexibility index (Phi) is 5.12. The number of amides is 2. The molecule has 0 aliphatic carbocycles. The lowest BCUT2D eigenvalue weighted by Gasteiger charge is -2.22. The first kappa shape index (κ1) is 16.4. The number of aryl methyl sites for hydroxylation is 1. The summed E-state index contributed by atoms with van der Waals surface area (Å²) in [5.41, 5.74) is 0.474. The van der Waals surface area contributed by atoms with Gasteiger partial charge in [0, 0.05) is 25.1 Å². The second-order valence-electron chi connectivity index (χ2n) is 5.35. The zero-order valence-corrected chi connectivity index (χ0v) is 13.1. The van der Waals surface area contributed by atoms with E-state index in [0.29, 0.717) is 18.4 Å². The highest BCUT2D eigenvalue weighted by Gasteiger charge is 2.23. The average molecular weight is 325 g/mol. The van der Waals surface area contributed by atoms with Crippen LogP contribution in [0.4, 0.5) is 0 Å². The lowest BCUT2D eigenvalue weighted by Crippen LogP contribution is -2.40. The fourth-order valence-corrected chi connectivity index (χ4v) is 3.59. The van der Waals surface area contributed by atoms with Crippen LogP contribution in [0.15, 0.2) is 23.4 Å². The Morgan fingerprint density at radius 2 is 2.27 bits per heavy atom. The van der Waals surface area contributed by atoms with Gasteiger partial charge in [-0.25, -0.2) is 9.71 Å². The van der Waals surface area contributed by atoms with E-state index in [1.54, 1.807) is 19.1 Å². The smallest absolute Gasteiger partial charge is 0.281 e. The van der Waals surface area contributed by atoms with E-state index in [9.17, 15) is 18.0 Å². The van der Waals surface area contributed by atoms with E-state index in [1.807, 2.05) is 4.72 Å². The Hall–Kier alpha value is -1.96. The number of rotatable bonds is 5. The first-order valence-corrected chi connectivity index (χ1v) is 8.63. The molecule has 1 atom stereocenters. The maximum Gasteiger partial charge on any atom is 0.281 e. The van der Waals surface area contributed by atoms with Gasteiger partial charge >= 0.3 is 0 Å². The van der Waals surface area contributed by atoms with Crippen LogP contribution >= 0.6 is 0 Å². The van der Waals surface area contributed by atoms with E-state index in [1.165, 1.54) is 6.20 Å². The summed E-state index contributed by atoms with van der Waals surface area (Å²) < 4.78 is 26.2. The SMILES string of the molecule is Cc1cccnc1S(=O)(=O)NC(=O)CCC1CCCC(=O)N1. The summed E-state index contributed by atoms with van der Waals surface area (Å²) in [4.78, 5) is 26.9. The molecule has 0 aromatic carbocycles. The second kappa shape index (κ2) is 6.87. The molecule has 22 heavy (non-hydrogen) atoms. The number of pyridine rings is 1. The Bertz CT molecular complexity index is 672. The van der Waals surface area contributed by atoms with Crippen molar-refractivity contribution in [2.45, 2.75) is 50.1 Å². The molecule has 1 aromatic heterocycles. The predicted molar refractivity (Wildman–Crippen MR) is 79.3 cm³/mol. The Labute approximate surface area is 129 Å². The number of carbonyl (C=O) groups excluding carboxylic acids is 2. The second-order valence-corrected chi connectivity index (χ2v) is 6.95. The molecule has 0 saturated carbocycles. The minimum Gasteiger partial charge on any atom is -0.353 e. The van der Waals surface area contributed by atoms with Crippen molar-refractivity contribution in [3.8, 4) is 0 Å². The van der Waals surface area contributed by atoms with Gasteiger partial charge in [-0.2, -0.15) is 8.42 Å². The maximum absolute atomic E-state index is 12.1. The van der Waals surface area contributed by atoms with Gasteiger partial charge in [0.05, 0.1) is 0 Å². The minimum atomic E-state index is -3.95. The molecular weight excluding hydrogens is 306 g/mol. The summed E-state index contributed by atoms with van der Waals surface area (Å²) in [6, 6.07) is 3.18. The highest BCUT2D eigenvalue weighted by atomic mass is 32.2. The Morgan fingerprint density at radius 3 is 2.95 bits per heavy atom. The van der Waals surface area contributed by atoms with Crippen LogP contribution < -0.4 is 10.0 Å². The first-order chi connectivity index (χ1) is 10.4. The van der Waals surface area contributed by atoms with Gasteiger partial charge in [0.1, 0.15) is 0 Å². The number of hydrogen-bond donors (Lipinski definition) is 2. The predicted octanol–water partition coefficient (Wildman–Crippen LogP) is 0.644. The van der Waals surface area contributed by atoms with Crippen LogP contribution in [0.25, 0.3) is 0 Å². The third-order valence-electron chi connectivity index (χ3n) is 3.51. The normalized spacial score (nSPS) is 18.6. The van der Waals surface area contributed by atoms with Crippen molar-refractivity contribution < 1.29 is 18.0 Å². The summed E-state index contributed by atoms with van der Waals surface area (Å²) in [5.74, 6) is -0.613. The number of nitrogens with zero attached hydrogens (tertiary/aromatic N) is 1. The largest absolute Gasteiger partial charge is 0.353 e. The van der Waals surface area contributed by atoms with Gasteiger partial charge in [-0.1, -0.05) is 6.07 Å². The van der Waals surface area contributed by atoms with Crippen molar-refractivity contribution in [1.29, 1.82) is 0 Å². The van der Waals surface area contributed by atoms with Crippen molar-refractivity contribution in [3.05, 3.63) is 23.9 Å². The molecule has 0 radical (unpaired) electrons. The van der Waals surface area contributed by atoms with Gasteiger partial charge in [-0.15, -0.1) is 0 Å². The van der Waals surface area contributed by atoms with Gasteiger partial charge < -0.3 is 5.32 Å². The monoisotopic (exact) mass is 325 g/mol. The maximum atomic E-state index is 12.1. The standard InChI is InChI=1S/C14H19N3O4S/c1-10-4-3-9-15-14(10)22(20,21)17-13(19)8-7-11-5-2-6-12(18)16-11/h3-4,9,11H,2,5-8H2,1H3,(H,16,18)(H,17,19). The molecule has 1 fully saturated rings. The molecule has 1 saturated heterocycles. The molecule has 1 unspecified atom stereocenters. The number of aromatic nitrogens is 1. The van der Waals surface area contributed by atoms with E-state index >= 15 is 0 Å². The molecule has 1 aliphatic heterocycles. The molecule has 2 N–H and O–H groups in total. The summed E-state index contributed by atoms with van der Waals surface area (Å²) in [7, 11) is -3.95. The van der Waals surface area contributed by atoms with Crippen LogP contribution in [0.5, 0.6) is 0 Å². The third kappa shape index (κ3) is 4.27. The lowest BCUT2D eigenvalue weighted by molar-refractivity contribution is -0.124. The van der Waals surface area contributed by atoms with Gasteiger partial charge in [-0.3, -0.25) is 9.59 Å². The van der Waals surface area contributed by atoms with Crippen molar-refractivity contribution in [3.63, 3.8) is 0 Å². The zero-order valence-electron chi connectivity index (χ0n) is 12.3. The zero-order chi connectivity index (χ0) is 16.2. The number of carbonyl (C=O) groups is 2. The fourth-order valence-electron chi connectivity index (χ4n) is 2.40. The lowest BCUT2D eigenvalue weighted by atomic mass is 10.00. The Balaban J connectivity index is 1.91. The topological polar surface area (TPSA) is 105 Å². The van der Waals surface area contributed by atoms with Crippen LogP contribution in [0.2, 0.25) is 0 Å². The highest BCUT2D eigenvalue weighted by Crippen LogP contribution is 2.14. The minimum absolute atomic E-state index is 0.0200. The molecule has 0 spiro atoms. The van der Waals surface area contributed by atoms with Gasteiger partial charge in [0.15, 0.2) is 5.03 Å². The van der Waals surface area contributed by atoms with Crippen LogP contribution in [0.1, 0.15) is 37.7 Å². The van der Waals surface area contributed by atoms with Crippen LogP contribution in [0, 0.1) is 6.92 Å². The molecule has 2 heterocycles. The van der Waals surface area contributed by atoms with Crippen molar-refractivity contribution in [2.24, 2.45) is 0 Å². The van der Waals surface area contributed by atoms with E-state index in [2.05, 4.69) is 10.3 Å². The van der Waals surface area contributed by atoms with Crippen molar-refractivity contribution in [2.75, 3.05) is 0 Å². The molecule has 1 aliphatic rings. The quantitative estimate of drug-likeness (QED) is 0.826.